The molecule has 0 fully saturated rings. The first-order valence-corrected chi connectivity index (χ1v) is 14.4. The van der Waals surface area contributed by atoms with Crippen molar-refractivity contribution >= 4 is 36.2 Å². The molecular formula is C8H15Cl2InO. The zero-order valence-corrected chi connectivity index (χ0v) is 12.4. The van der Waals surface area contributed by atoms with Crippen LogP contribution in [0.25, 0.3) is 0 Å². The molecule has 0 radical (unpaired) electrons. The average molecular weight is 313 g/mol. The second-order valence-electron chi connectivity index (χ2n) is 2.74. The van der Waals surface area contributed by atoms with E-state index in [1.54, 1.807) is 0 Å². The summed E-state index contributed by atoms with van der Waals surface area (Å²) in [6.45, 7) is 5.57. The zero-order valence-electron chi connectivity index (χ0n) is 7.59. The molecule has 0 spiro atoms. The van der Waals surface area contributed by atoms with Crippen molar-refractivity contribution in [1.29, 1.82) is 0 Å². The number of allylic oxidation sites excluding steroid dienone is 1. The van der Waals surface area contributed by atoms with Gasteiger partial charge in [-0.15, -0.1) is 0 Å². The van der Waals surface area contributed by atoms with Crippen LogP contribution in [0.2, 0.25) is 3.67 Å². The van der Waals surface area contributed by atoms with Gasteiger partial charge < -0.3 is 0 Å². The predicted molar refractivity (Wildman–Crippen MR) is 57.1 cm³/mol. The standard InChI is InChI=1S/C8H15O.2ClH.In/c1-3-5-7-9-8-6-4-2;;;/h3-5H,6-8H2,1-2H3;2*1H;/q;;;+2/p-2/b5-3+;;;. The summed E-state index contributed by atoms with van der Waals surface area (Å²) in [6, 6.07) is 0. The molecule has 1 nitrogen and oxygen atoms in total. The minimum absolute atomic E-state index is 0.515. The Morgan fingerprint density at radius 1 is 1.50 bits per heavy atom. The third-order valence-corrected chi connectivity index (χ3v) is 10.8. The van der Waals surface area contributed by atoms with E-state index in [1.807, 2.05) is 19.1 Å². The van der Waals surface area contributed by atoms with E-state index in [-0.39, 0.29) is 0 Å². The van der Waals surface area contributed by atoms with Crippen LogP contribution < -0.4 is 0 Å². The molecule has 0 aromatic carbocycles. The van der Waals surface area contributed by atoms with E-state index < -0.39 is 19.1 Å². The number of hydrogen-bond acceptors (Lipinski definition) is 1. The van der Waals surface area contributed by atoms with Crippen molar-refractivity contribution in [2.75, 3.05) is 13.2 Å². The molecule has 0 saturated heterocycles. The van der Waals surface area contributed by atoms with Gasteiger partial charge in [-0.1, -0.05) is 0 Å². The molecule has 0 aliphatic carbocycles. The molecule has 1 unspecified atom stereocenters. The van der Waals surface area contributed by atoms with Crippen LogP contribution in [0, 0.1) is 0 Å². The Kier molecular flexibility index (Phi) is 9.57. The van der Waals surface area contributed by atoms with Crippen LogP contribution in [0.4, 0.5) is 0 Å². The van der Waals surface area contributed by atoms with E-state index in [2.05, 4.69) is 6.92 Å². The average Bonchev–Trinajstić information content (AvgIpc) is 2.03. The first-order valence-electron chi connectivity index (χ1n) is 4.15. The van der Waals surface area contributed by atoms with Gasteiger partial charge in [-0.05, 0) is 0 Å². The van der Waals surface area contributed by atoms with E-state index in [9.17, 15) is 0 Å². The first-order chi connectivity index (χ1) is 5.68. The van der Waals surface area contributed by atoms with Crippen molar-refractivity contribution < 1.29 is 4.74 Å². The first kappa shape index (κ1) is 13.2. The SMILES string of the molecule is C/C=C/COCC[CH](C)[In]([Cl])[Cl]. The molecule has 0 N–H and O–H groups in total. The minimum atomic E-state index is -2.09. The van der Waals surface area contributed by atoms with E-state index in [0.717, 1.165) is 13.0 Å². The number of halogens is 2. The monoisotopic (exact) mass is 312 g/mol. The Labute approximate surface area is 89.8 Å². The second-order valence-corrected chi connectivity index (χ2v) is 15.7. The maximum atomic E-state index is 5.87. The van der Waals surface area contributed by atoms with Crippen LogP contribution in [0.3, 0.4) is 0 Å². The molecule has 4 heteroatoms. The van der Waals surface area contributed by atoms with Crippen molar-refractivity contribution in [3.8, 4) is 0 Å². The van der Waals surface area contributed by atoms with Crippen LogP contribution in [0.15, 0.2) is 12.2 Å². The Hall–Kier alpha value is 1.15. The Balaban J connectivity index is 3.19. The fourth-order valence-electron chi connectivity index (χ4n) is 0.643. The maximum absolute atomic E-state index is 5.87. The van der Waals surface area contributed by atoms with E-state index in [4.69, 9.17) is 21.9 Å². The van der Waals surface area contributed by atoms with Gasteiger partial charge in [0.1, 0.15) is 0 Å². The molecule has 12 heavy (non-hydrogen) atoms. The molecule has 0 aromatic heterocycles. The third kappa shape index (κ3) is 7.78. The normalized spacial score (nSPS) is 13.7. The molecule has 0 rings (SSSR count). The molecule has 0 amide bonds. The van der Waals surface area contributed by atoms with Crippen LogP contribution >= 0.6 is 17.2 Å². The van der Waals surface area contributed by atoms with Crippen LogP contribution in [-0.4, -0.2) is 32.3 Å². The summed E-state index contributed by atoms with van der Waals surface area (Å²) in [6.07, 6.45) is 4.98. The van der Waals surface area contributed by atoms with E-state index in [0.29, 0.717) is 10.3 Å². The van der Waals surface area contributed by atoms with Gasteiger partial charge in [0, 0.05) is 0 Å². The predicted octanol–water partition coefficient (Wildman–Crippen LogP) is 3.33. The van der Waals surface area contributed by atoms with Gasteiger partial charge in [0.05, 0.1) is 0 Å². The molecular weight excluding hydrogens is 298 g/mol. The van der Waals surface area contributed by atoms with Crippen LogP contribution in [-0.2, 0) is 4.74 Å². The van der Waals surface area contributed by atoms with Crippen LogP contribution in [0.1, 0.15) is 20.3 Å². The summed E-state index contributed by atoms with van der Waals surface area (Å²) in [5, 5.41) is 0. The Morgan fingerprint density at radius 3 is 2.67 bits per heavy atom. The van der Waals surface area contributed by atoms with Crippen molar-refractivity contribution in [3.63, 3.8) is 0 Å². The second kappa shape index (κ2) is 8.74. The van der Waals surface area contributed by atoms with E-state index >= 15 is 0 Å². The molecule has 0 saturated carbocycles. The summed E-state index contributed by atoms with van der Waals surface area (Å²) in [4.78, 5) is 0. The number of rotatable bonds is 6. The zero-order chi connectivity index (χ0) is 9.40. The summed E-state index contributed by atoms with van der Waals surface area (Å²) in [5.41, 5.74) is 0. The number of ether oxygens (including phenoxy) is 1. The number of hydrogen-bond donors (Lipinski definition) is 0. The molecule has 0 aromatic rings. The Bertz CT molecular complexity index is 128. The van der Waals surface area contributed by atoms with Gasteiger partial charge in [0.15, 0.2) is 0 Å². The molecule has 0 heterocycles. The van der Waals surface area contributed by atoms with Gasteiger partial charge in [-0.25, -0.2) is 0 Å². The topological polar surface area (TPSA) is 9.23 Å². The van der Waals surface area contributed by atoms with Gasteiger partial charge in [-0.2, -0.15) is 0 Å². The van der Waals surface area contributed by atoms with Gasteiger partial charge in [0.25, 0.3) is 0 Å². The van der Waals surface area contributed by atoms with Gasteiger partial charge in [0.2, 0.25) is 0 Å². The van der Waals surface area contributed by atoms with Gasteiger partial charge in [-0.3, -0.25) is 0 Å². The summed E-state index contributed by atoms with van der Waals surface area (Å²) in [7, 11) is 11.7. The third-order valence-electron chi connectivity index (χ3n) is 1.60. The fraction of sp³-hybridized carbons (Fsp3) is 0.750. The fourth-order valence-corrected chi connectivity index (χ4v) is 3.44. The van der Waals surface area contributed by atoms with E-state index in [1.165, 1.54) is 0 Å². The van der Waals surface area contributed by atoms with Crippen molar-refractivity contribution in [2.45, 2.75) is 23.9 Å². The molecule has 1 atom stereocenters. The van der Waals surface area contributed by atoms with Crippen molar-refractivity contribution in [1.82, 2.24) is 0 Å². The molecule has 70 valence electrons. The molecule has 0 aliphatic heterocycles. The quantitative estimate of drug-likeness (QED) is 0.540. The summed E-state index contributed by atoms with van der Waals surface area (Å²) >= 11 is -2.09. The van der Waals surface area contributed by atoms with Gasteiger partial charge >= 0.3 is 90.3 Å². The van der Waals surface area contributed by atoms with Crippen molar-refractivity contribution in [3.05, 3.63) is 12.2 Å². The van der Waals surface area contributed by atoms with Crippen molar-refractivity contribution in [2.24, 2.45) is 0 Å². The molecule has 0 aliphatic rings. The van der Waals surface area contributed by atoms with Crippen LogP contribution in [0.5, 0.6) is 0 Å². The molecule has 0 bridgehead atoms. The summed E-state index contributed by atoms with van der Waals surface area (Å²) in [5.74, 6) is 0. The Morgan fingerprint density at radius 2 is 2.17 bits per heavy atom. The summed E-state index contributed by atoms with van der Waals surface area (Å²) < 4.78 is 5.84.